The van der Waals surface area contributed by atoms with E-state index in [0.717, 1.165) is 19.4 Å². The van der Waals surface area contributed by atoms with Crippen LogP contribution in [0.15, 0.2) is 6.20 Å². The van der Waals surface area contributed by atoms with Gasteiger partial charge in [-0.3, -0.25) is 0 Å². The van der Waals surface area contributed by atoms with Crippen LogP contribution in [0.25, 0.3) is 0 Å². The second-order valence-corrected chi connectivity index (χ2v) is 5.05. The molecule has 2 atom stereocenters. The summed E-state index contributed by atoms with van der Waals surface area (Å²) in [6.07, 6.45) is 3.74. The van der Waals surface area contributed by atoms with Gasteiger partial charge in [0, 0.05) is 18.8 Å². The summed E-state index contributed by atoms with van der Waals surface area (Å²) < 4.78 is 0. The predicted octanol–water partition coefficient (Wildman–Crippen LogP) is 1.22. The van der Waals surface area contributed by atoms with Crippen molar-refractivity contribution in [3.8, 4) is 0 Å². The van der Waals surface area contributed by atoms with E-state index in [9.17, 15) is 9.90 Å². The van der Waals surface area contributed by atoms with E-state index in [1.165, 1.54) is 6.20 Å². The summed E-state index contributed by atoms with van der Waals surface area (Å²) in [6.45, 7) is 4.30. The third-order valence-electron chi connectivity index (χ3n) is 3.44. The first kappa shape index (κ1) is 13.7. The Morgan fingerprint density at radius 2 is 2.37 bits per heavy atom. The van der Waals surface area contributed by atoms with Crippen LogP contribution in [0.5, 0.6) is 0 Å². The third kappa shape index (κ3) is 3.01. The highest BCUT2D eigenvalue weighted by atomic mass is 16.4. The van der Waals surface area contributed by atoms with E-state index in [1.54, 1.807) is 13.8 Å². The fourth-order valence-electron chi connectivity index (χ4n) is 2.54. The summed E-state index contributed by atoms with van der Waals surface area (Å²) >= 11 is 0. The lowest BCUT2D eigenvalue weighted by atomic mass is 10.1. The number of aliphatic hydroxyl groups is 1. The van der Waals surface area contributed by atoms with Crippen LogP contribution in [0.2, 0.25) is 0 Å². The van der Waals surface area contributed by atoms with Gasteiger partial charge in [0.05, 0.1) is 17.4 Å². The monoisotopic (exact) mass is 265 g/mol. The highest BCUT2D eigenvalue weighted by Gasteiger charge is 2.28. The van der Waals surface area contributed by atoms with Crippen LogP contribution in [-0.4, -0.2) is 44.8 Å². The summed E-state index contributed by atoms with van der Waals surface area (Å²) in [5.41, 5.74) is 0.607. The number of hydrogen-bond donors (Lipinski definition) is 2. The van der Waals surface area contributed by atoms with Gasteiger partial charge in [0.1, 0.15) is 0 Å². The molecule has 2 N–H and O–H groups in total. The van der Waals surface area contributed by atoms with Crippen LogP contribution in [-0.2, 0) is 0 Å². The number of aromatic nitrogens is 2. The zero-order valence-electron chi connectivity index (χ0n) is 11.2. The average molecular weight is 265 g/mol. The van der Waals surface area contributed by atoms with E-state index in [-0.39, 0.29) is 17.7 Å². The smallest absolute Gasteiger partial charge is 0.339 e. The minimum atomic E-state index is -1.01. The first-order valence-electron chi connectivity index (χ1n) is 6.50. The number of nitrogens with zero attached hydrogens (tertiary/aromatic N) is 3. The Morgan fingerprint density at radius 3 is 2.95 bits per heavy atom. The van der Waals surface area contributed by atoms with Gasteiger partial charge in [-0.05, 0) is 33.1 Å². The molecule has 0 amide bonds. The number of aryl methyl sites for hydroxylation is 1. The molecule has 0 saturated carbocycles. The molecule has 2 heterocycles. The predicted molar refractivity (Wildman–Crippen MR) is 70.4 cm³/mol. The van der Waals surface area contributed by atoms with Gasteiger partial charge in [-0.25, -0.2) is 14.8 Å². The van der Waals surface area contributed by atoms with Crippen LogP contribution in [0.1, 0.15) is 42.2 Å². The number of aromatic carboxylic acids is 1. The van der Waals surface area contributed by atoms with Crippen molar-refractivity contribution in [2.24, 2.45) is 0 Å². The average Bonchev–Trinajstić information content (AvgIpc) is 2.75. The minimum Gasteiger partial charge on any atom is -0.478 e. The number of rotatable bonds is 4. The molecule has 104 valence electrons. The highest BCUT2D eigenvalue weighted by Crippen LogP contribution is 2.25. The minimum absolute atomic E-state index is 0.134. The zero-order chi connectivity index (χ0) is 14.0. The SMILES string of the molecule is Cc1nc(N2CCCC2CC(C)O)ncc1C(=O)O. The normalized spacial score (nSPS) is 20.6. The van der Waals surface area contributed by atoms with Crippen molar-refractivity contribution < 1.29 is 15.0 Å². The van der Waals surface area contributed by atoms with E-state index in [4.69, 9.17) is 5.11 Å². The van der Waals surface area contributed by atoms with E-state index in [2.05, 4.69) is 14.9 Å². The summed E-state index contributed by atoms with van der Waals surface area (Å²) in [5.74, 6) is -0.448. The fourth-order valence-corrected chi connectivity index (χ4v) is 2.54. The van der Waals surface area contributed by atoms with E-state index in [1.807, 2.05) is 0 Å². The molecule has 0 radical (unpaired) electrons. The second kappa shape index (κ2) is 5.52. The molecule has 0 aliphatic carbocycles. The van der Waals surface area contributed by atoms with Crippen molar-refractivity contribution in [1.29, 1.82) is 0 Å². The van der Waals surface area contributed by atoms with E-state index >= 15 is 0 Å². The number of carboxylic acid groups (broad SMARTS) is 1. The second-order valence-electron chi connectivity index (χ2n) is 5.05. The Balaban J connectivity index is 2.21. The maximum atomic E-state index is 10.9. The Kier molecular flexibility index (Phi) is 3.99. The van der Waals surface area contributed by atoms with Crippen molar-refractivity contribution in [1.82, 2.24) is 9.97 Å². The lowest BCUT2D eigenvalue weighted by molar-refractivity contribution is 0.0695. The van der Waals surface area contributed by atoms with Gasteiger partial charge in [0.2, 0.25) is 5.95 Å². The van der Waals surface area contributed by atoms with Crippen molar-refractivity contribution in [3.05, 3.63) is 17.5 Å². The van der Waals surface area contributed by atoms with Crippen molar-refractivity contribution in [3.63, 3.8) is 0 Å². The molecule has 1 aromatic heterocycles. The molecule has 1 saturated heterocycles. The Morgan fingerprint density at radius 1 is 1.63 bits per heavy atom. The largest absolute Gasteiger partial charge is 0.478 e. The van der Waals surface area contributed by atoms with Gasteiger partial charge in [-0.2, -0.15) is 0 Å². The Labute approximate surface area is 112 Å². The summed E-state index contributed by atoms with van der Waals surface area (Å²) in [4.78, 5) is 21.4. The molecule has 1 aromatic rings. The van der Waals surface area contributed by atoms with Crippen LogP contribution >= 0.6 is 0 Å². The van der Waals surface area contributed by atoms with Gasteiger partial charge in [0.15, 0.2) is 0 Å². The zero-order valence-corrected chi connectivity index (χ0v) is 11.2. The number of carbonyl (C=O) groups is 1. The van der Waals surface area contributed by atoms with Gasteiger partial charge >= 0.3 is 5.97 Å². The molecule has 0 aromatic carbocycles. The number of carboxylic acids is 1. The Bertz CT molecular complexity index is 476. The maximum absolute atomic E-state index is 10.9. The quantitative estimate of drug-likeness (QED) is 0.851. The first-order valence-corrected chi connectivity index (χ1v) is 6.50. The number of aliphatic hydroxyl groups excluding tert-OH is 1. The summed E-state index contributed by atoms with van der Waals surface area (Å²) in [7, 11) is 0. The van der Waals surface area contributed by atoms with Crippen LogP contribution < -0.4 is 4.90 Å². The van der Waals surface area contributed by atoms with Crippen molar-refractivity contribution in [2.75, 3.05) is 11.4 Å². The van der Waals surface area contributed by atoms with Gasteiger partial charge in [0.25, 0.3) is 0 Å². The summed E-state index contributed by atoms with van der Waals surface area (Å²) in [6, 6.07) is 0.232. The van der Waals surface area contributed by atoms with Crippen LogP contribution in [0.4, 0.5) is 5.95 Å². The standard InChI is InChI=1S/C13H19N3O3/c1-8(17)6-10-4-3-5-16(10)13-14-7-11(12(18)19)9(2)15-13/h7-8,10,17H,3-6H2,1-2H3,(H,18,19). The van der Waals surface area contributed by atoms with E-state index in [0.29, 0.717) is 18.1 Å². The maximum Gasteiger partial charge on any atom is 0.339 e. The molecule has 19 heavy (non-hydrogen) atoms. The van der Waals surface area contributed by atoms with Gasteiger partial charge in [-0.15, -0.1) is 0 Å². The van der Waals surface area contributed by atoms with Crippen LogP contribution in [0.3, 0.4) is 0 Å². The summed E-state index contributed by atoms with van der Waals surface area (Å²) in [5, 5.41) is 18.5. The van der Waals surface area contributed by atoms with Gasteiger partial charge in [-0.1, -0.05) is 0 Å². The number of anilines is 1. The molecule has 0 bridgehead atoms. The lowest BCUT2D eigenvalue weighted by Gasteiger charge is -2.25. The van der Waals surface area contributed by atoms with E-state index < -0.39 is 5.97 Å². The third-order valence-corrected chi connectivity index (χ3v) is 3.44. The molecular weight excluding hydrogens is 246 g/mol. The molecule has 6 heteroatoms. The highest BCUT2D eigenvalue weighted by molar-refractivity contribution is 5.88. The lowest BCUT2D eigenvalue weighted by Crippen LogP contribution is -2.33. The van der Waals surface area contributed by atoms with Gasteiger partial charge < -0.3 is 15.1 Å². The Hall–Kier alpha value is -1.69. The van der Waals surface area contributed by atoms with Crippen LogP contribution in [0, 0.1) is 6.92 Å². The molecule has 0 spiro atoms. The number of hydrogen-bond acceptors (Lipinski definition) is 5. The molecular formula is C13H19N3O3. The van der Waals surface area contributed by atoms with Crippen molar-refractivity contribution in [2.45, 2.75) is 45.3 Å². The fraction of sp³-hybridized carbons (Fsp3) is 0.615. The molecule has 2 rings (SSSR count). The molecule has 1 aliphatic rings. The molecule has 2 unspecified atom stereocenters. The molecule has 1 aliphatic heterocycles. The van der Waals surface area contributed by atoms with Crippen molar-refractivity contribution >= 4 is 11.9 Å². The topological polar surface area (TPSA) is 86.5 Å². The molecule has 1 fully saturated rings. The first-order chi connectivity index (χ1) is 8.99. The molecule has 6 nitrogen and oxygen atoms in total.